The molecule has 0 fully saturated rings. The molecule has 0 spiro atoms. The van der Waals surface area contributed by atoms with Gasteiger partial charge in [0, 0.05) is 17.3 Å². The van der Waals surface area contributed by atoms with Crippen molar-refractivity contribution in [1.82, 2.24) is 9.88 Å². The lowest BCUT2D eigenvalue weighted by Gasteiger charge is -2.44. The average Bonchev–Trinajstić information content (AvgIpc) is 3.50. The number of aryl methyl sites for hydroxylation is 1. The van der Waals surface area contributed by atoms with Crippen LogP contribution in [0.1, 0.15) is 28.5 Å². The molecule has 0 bridgehead atoms. The van der Waals surface area contributed by atoms with Crippen LogP contribution in [0, 0.1) is 12.7 Å². The van der Waals surface area contributed by atoms with Crippen molar-refractivity contribution >= 4 is 29.1 Å². The van der Waals surface area contributed by atoms with E-state index in [2.05, 4.69) is 5.32 Å². The lowest BCUT2D eigenvalue weighted by molar-refractivity contribution is -0.126. The molecule has 178 valence electrons. The Morgan fingerprint density at radius 3 is 2.54 bits per heavy atom. The molecule has 2 aromatic heterocycles. The average molecular weight is 492 g/mol. The summed E-state index contributed by atoms with van der Waals surface area (Å²) >= 11 is 5.97. The van der Waals surface area contributed by atoms with Crippen molar-refractivity contribution in [2.75, 3.05) is 4.90 Å². The van der Waals surface area contributed by atoms with Gasteiger partial charge in [-0.15, -0.1) is 0 Å². The number of carbonyl (C=O) groups excluding carboxylic acids is 2. The van der Waals surface area contributed by atoms with E-state index >= 15 is 0 Å². The maximum absolute atomic E-state index is 14.5. The van der Waals surface area contributed by atoms with Crippen LogP contribution in [0.3, 0.4) is 0 Å². The van der Waals surface area contributed by atoms with Crippen LogP contribution < -0.4 is 10.2 Å². The second-order valence-corrected chi connectivity index (χ2v) is 9.26. The second-order valence-electron chi connectivity index (χ2n) is 8.82. The normalized spacial score (nSPS) is 17.4. The predicted molar refractivity (Wildman–Crippen MR) is 132 cm³/mol. The number of amides is 2. The number of furan rings is 1. The molecule has 1 aliphatic rings. The van der Waals surface area contributed by atoms with Gasteiger partial charge >= 0.3 is 0 Å². The maximum Gasteiger partial charge on any atom is 0.275 e. The lowest BCUT2D eigenvalue weighted by atomic mass is 9.93. The summed E-state index contributed by atoms with van der Waals surface area (Å²) in [5, 5.41) is 3.55. The molecular formula is C27H23ClFN3O3. The first-order valence-corrected chi connectivity index (χ1v) is 11.5. The van der Waals surface area contributed by atoms with E-state index in [0.29, 0.717) is 33.4 Å². The van der Waals surface area contributed by atoms with Gasteiger partial charge in [0.15, 0.2) is 0 Å². The molecule has 1 aliphatic heterocycles. The smallest absolute Gasteiger partial charge is 0.275 e. The lowest BCUT2D eigenvalue weighted by Crippen LogP contribution is -2.64. The van der Waals surface area contributed by atoms with E-state index in [1.165, 1.54) is 11.0 Å². The first-order chi connectivity index (χ1) is 16.8. The van der Waals surface area contributed by atoms with Gasteiger partial charge in [0.2, 0.25) is 5.91 Å². The van der Waals surface area contributed by atoms with Crippen LogP contribution in [0.4, 0.5) is 10.1 Å². The third kappa shape index (κ3) is 4.02. The fraction of sp³-hybridized carbons (Fsp3) is 0.185. The summed E-state index contributed by atoms with van der Waals surface area (Å²) in [7, 11) is 0. The minimum atomic E-state index is -1.35. The van der Waals surface area contributed by atoms with Gasteiger partial charge in [0.25, 0.3) is 5.91 Å². The summed E-state index contributed by atoms with van der Waals surface area (Å²) in [6.45, 7) is 3.74. The second kappa shape index (κ2) is 8.74. The van der Waals surface area contributed by atoms with Crippen molar-refractivity contribution in [2.24, 2.45) is 0 Å². The Bertz CT molecular complexity index is 1410. The molecule has 3 heterocycles. The maximum atomic E-state index is 14.5. The molecular weight excluding hydrogens is 469 g/mol. The summed E-state index contributed by atoms with van der Waals surface area (Å²) in [4.78, 5) is 28.9. The zero-order chi connectivity index (χ0) is 24.7. The van der Waals surface area contributed by atoms with Crippen LogP contribution in [-0.2, 0) is 17.9 Å². The zero-order valence-electron chi connectivity index (χ0n) is 19.2. The molecule has 6 nitrogen and oxygen atoms in total. The number of nitrogens with one attached hydrogen (secondary N) is 1. The number of fused-ring (bicyclic) bond motifs is 1. The number of anilines is 1. The molecule has 0 aliphatic carbocycles. The Hall–Kier alpha value is -3.84. The monoisotopic (exact) mass is 491 g/mol. The minimum Gasteiger partial charge on any atom is -0.463 e. The highest BCUT2D eigenvalue weighted by Gasteiger charge is 2.48. The molecule has 1 atom stereocenters. The third-order valence-electron chi connectivity index (χ3n) is 6.41. The molecule has 0 saturated heterocycles. The van der Waals surface area contributed by atoms with Crippen molar-refractivity contribution in [2.45, 2.75) is 32.5 Å². The number of rotatable bonds is 5. The quantitative estimate of drug-likeness (QED) is 0.396. The number of carbonyl (C=O) groups is 2. The van der Waals surface area contributed by atoms with Crippen LogP contribution in [0.5, 0.6) is 0 Å². The number of halogens is 2. The van der Waals surface area contributed by atoms with Gasteiger partial charge in [-0.3, -0.25) is 14.5 Å². The summed E-state index contributed by atoms with van der Waals surface area (Å²) in [5.41, 5.74) is 1.35. The van der Waals surface area contributed by atoms with E-state index in [1.54, 1.807) is 73.2 Å². The Labute approximate surface area is 206 Å². The van der Waals surface area contributed by atoms with Crippen molar-refractivity contribution in [3.8, 4) is 11.5 Å². The Kier molecular flexibility index (Phi) is 5.73. The molecule has 1 N–H and O–H groups in total. The molecule has 2 amide bonds. The summed E-state index contributed by atoms with van der Waals surface area (Å²) < 4.78 is 21.9. The van der Waals surface area contributed by atoms with Crippen LogP contribution in [0.15, 0.2) is 77.4 Å². The number of hydrogen-bond donors (Lipinski definition) is 1. The van der Waals surface area contributed by atoms with E-state index in [4.69, 9.17) is 16.0 Å². The number of hydrogen-bond acceptors (Lipinski definition) is 3. The molecule has 0 saturated carbocycles. The van der Waals surface area contributed by atoms with Gasteiger partial charge in [-0.1, -0.05) is 29.8 Å². The fourth-order valence-corrected chi connectivity index (χ4v) is 4.58. The van der Waals surface area contributed by atoms with Crippen LogP contribution >= 0.6 is 11.6 Å². The summed E-state index contributed by atoms with van der Waals surface area (Å²) in [6.07, 6.45) is 1.55. The van der Waals surface area contributed by atoms with Gasteiger partial charge in [-0.05, 0) is 73.5 Å². The molecule has 0 unspecified atom stereocenters. The minimum absolute atomic E-state index is 0.152. The topological polar surface area (TPSA) is 67.5 Å². The van der Waals surface area contributed by atoms with Gasteiger partial charge in [0.1, 0.15) is 22.8 Å². The van der Waals surface area contributed by atoms with E-state index in [9.17, 15) is 14.0 Å². The molecule has 35 heavy (non-hydrogen) atoms. The van der Waals surface area contributed by atoms with E-state index in [-0.39, 0.29) is 19.0 Å². The van der Waals surface area contributed by atoms with E-state index < -0.39 is 17.3 Å². The van der Waals surface area contributed by atoms with Crippen LogP contribution in [0.25, 0.3) is 11.5 Å². The largest absolute Gasteiger partial charge is 0.463 e. The Morgan fingerprint density at radius 1 is 1.11 bits per heavy atom. The SMILES string of the molecule is Cc1ccc(N2C(=O)c3ccc(-c4ccco4)n3C[C@@]2(C)C(=O)NCc2ccc(Cl)cc2)cc1F. The predicted octanol–water partition coefficient (Wildman–Crippen LogP) is 5.58. The van der Waals surface area contributed by atoms with Crippen molar-refractivity contribution in [3.05, 3.63) is 101 Å². The molecule has 4 aromatic rings. The highest BCUT2D eigenvalue weighted by Crippen LogP contribution is 2.37. The number of nitrogens with zero attached hydrogens (tertiary/aromatic N) is 2. The third-order valence-corrected chi connectivity index (χ3v) is 6.66. The van der Waals surface area contributed by atoms with Gasteiger partial charge < -0.3 is 14.3 Å². The first-order valence-electron chi connectivity index (χ1n) is 11.1. The van der Waals surface area contributed by atoms with E-state index in [0.717, 1.165) is 5.56 Å². The Morgan fingerprint density at radius 2 is 1.86 bits per heavy atom. The van der Waals surface area contributed by atoms with Crippen molar-refractivity contribution in [1.29, 1.82) is 0 Å². The van der Waals surface area contributed by atoms with Crippen LogP contribution in [-0.4, -0.2) is 21.9 Å². The zero-order valence-corrected chi connectivity index (χ0v) is 20.0. The summed E-state index contributed by atoms with van der Waals surface area (Å²) in [6, 6.07) is 18.7. The molecule has 0 radical (unpaired) electrons. The van der Waals surface area contributed by atoms with Gasteiger partial charge in [0.05, 0.1) is 18.5 Å². The van der Waals surface area contributed by atoms with E-state index in [1.807, 2.05) is 12.1 Å². The molecule has 8 heteroatoms. The standard InChI is InChI=1S/C27H23ClFN3O3/c1-17-5-10-20(14-21(17)29)32-25(33)23-12-11-22(24-4-3-13-35-24)31(23)16-27(32,2)26(34)30-15-18-6-8-19(28)9-7-18/h3-14H,15-16H2,1-2H3,(H,30,34)/t27-/m0/s1. The van der Waals surface area contributed by atoms with Gasteiger partial charge in [-0.25, -0.2) is 4.39 Å². The fourth-order valence-electron chi connectivity index (χ4n) is 4.45. The van der Waals surface area contributed by atoms with Crippen LogP contribution in [0.2, 0.25) is 5.02 Å². The molecule has 2 aromatic carbocycles. The summed E-state index contributed by atoms with van der Waals surface area (Å²) in [5.74, 6) is -0.632. The molecule has 5 rings (SSSR count). The van der Waals surface area contributed by atoms with Crippen molar-refractivity contribution in [3.63, 3.8) is 0 Å². The number of aromatic nitrogens is 1. The highest BCUT2D eigenvalue weighted by atomic mass is 35.5. The number of benzene rings is 2. The highest BCUT2D eigenvalue weighted by molar-refractivity contribution is 6.30. The first kappa shape index (κ1) is 22.9. The van der Waals surface area contributed by atoms with Crippen molar-refractivity contribution < 1.29 is 18.4 Å². The Balaban J connectivity index is 1.56. The van der Waals surface area contributed by atoms with Gasteiger partial charge in [-0.2, -0.15) is 0 Å².